The SMILES string of the molecule is CCCC/C=C\C/C=C\CCCCCCCC(=O)OCCCCCCCCCCCCCCCCCCCC/C=C\CCCCCCCCCCCCCCCCCCCC(=O)NC(CO)C(O)CCCCCCCCCCCCCCCCCC. The number of rotatable bonds is 74. The number of ether oxygens (including phenoxy) is 1. The second kappa shape index (κ2) is 75.5. The van der Waals surface area contributed by atoms with E-state index in [1.54, 1.807) is 0 Å². The molecule has 508 valence electrons. The molecule has 0 aromatic heterocycles. The number of allylic oxidation sites excluding steroid dienone is 6. The van der Waals surface area contributed by atoms with E-state index in [1.807, 2.05) is 0 Å². The minimum atomic E-state index is -0.661. The minimum absolute atomic E-state index is 0.00823. The van der Waals surface area contributed by atoms with Gasteiger partial charge in [-0.05, 0) is 77.0 Å². The van der Waals surface area contributed by atoms with Gasteiger partial charge in [0.25, 0.3) is 0 Å². The molecule has 0 fully saturated rings. The number of aliphatic hydroxyl groups is 2. The summed E-state index contributed by atoms with van der Waals surface area (Å²) in [5.74, 6) is -0.0188. The van der Waals surface area contributed by atoms with Crippen molar-refractivity contribution in [2.24, 2.45) is 0 Å². The van der Waals surface area contributed by atoms with Crippen LogP contribution in [0.2, 0.25) is 0 Å². The van der Waals surface area contributed by atoms with Gasteiger partial charge in [0.05, 0.1) is 25.4 Å². The summed E-state index contributed by atoms with van der Waals surface area (Å²) in [6, 6.07) is -0.538. The van der Waals surface area contributed by atoms with Gasteiger partial charge in [0, 0.05) is 12.8 Å². The van der Waals surface area contributed by atoms with E-state index in [4.69, 9.17) is 4.74 Å². The molecule has 0 bridgehead atoms. The number of carbonyl (C=O) groups is 2. The van der Waals surface area contributed by atoms with Crippen LogP contribution in [0.3, 0.4) is 0 Å². The van der Waals surface area contributed by atoms with Crippen LogP contribution in [0.15, 0.2) is 36.5 Å². The third-order valence-electron chi connectivity index (χ3n) is 18.4. The van der Waals surface area contributed by atoms with Crippen molar-refractivity contribution in [3.8, 4) is 0 Å². The lowest BCUT2D eigenvalue weighted by Crippen LogP contribution is -2.45. The summed E-state index contributed by atoms with van der Waals surface area (Å²) in [6.07, 6.45) is 98.2. The molecule has 6 heteroatoms. The smallest absolute Gasteiger partial charge is 0.305 e. The second-order valence-corrected chi connectivity index (χ2v) is 27.0. The highest BCUT2D eigenvalue weighted by Crippen LogP contribution is 2.20. The van der Waals surface area contributed by atoms with Crippen molar-refractivity contribution in [1.29, 1.82) is 0 Å². The third kappa shape index (κ3) is 71.2. The number of aliphatic hydroxyl groups excluding tert-OH is 2. The Hall–Kier alpha value is -1.92. The predicted molar refractivity (Wildman–Crippen MR) is 379 cm³/mol. The fourth-order valence-electron chi connectivity index (χ4n) is 12.4. The summed E-state index contributed by atoms with van der Waals surface area (Å²) in [6.45, 7) is 4.95. The van der Waals surface area contributed by atoms with Gasteiger partial charge in [-0.2, -0.15) is 0 Å². The topological polar surface area (TPSA) is 95.9 Å². The first-order chi connectivity index (χ1) is 42.5. The Bertz CT molecular complexity index is 1390. The van der Waals surface area contributed by atoms with Crippen molar-refractivity contribution in [1.82, 2.24) is 5.32 Å². The van der Waals surface area contributed by atoms with E-state index in [-0.39, 0.29) is 18.5 Å². The molecule has 0 aliphatic carbocycles. The van der Waals surface area contributed by atoms with Crippen LogP contribution < -0.4 is 5.32 Å². The number of hydrogen-bond donors (Lipinski definition) is 3. The standard InChI is InChI=1S/C80H153NO5/c1-3-5-7-9-11-13-15-17-19-45-48-52-56-60-64-68-72-78(83)77(76-82)81-79(84)73-69-65-61-57-53-49-46-43-41-39-37-35-33-31-29-27-25-23-21-20-22-24-26-28-30-32-34-36-38-40-42-44-47-51-55-59-63-67-71-75-86-80(85)74-70-66-62-58-54-50-18-16-14-12-10-8-6-4-2/h10,12,16,18,20-21,77-78,82-83H,3-9,11,13-15,17,19,22-76H2,1-2H3,(H,81,84)/b12-10-,18-16-,21-20-. The van der Waals surface area contributed by atoms with E-state index < -0.39 is 12.1 Å². The van der Waals surface area contributed by atoms with Crippen molar-refractivity contribution in [3.63, 3.8) is 0 Å². The predicted octanol–water partition coefficient (Wildman–Crippen LogP) is 25.8. The molecule has 2 unspecified atom stereocenters. The number of unbranched alkanes of at least 4 members (excludes halogenated alkanes) is 57. The summed E-state index contributed by atoms with van der Waals surface area (Å²) in [4.78, 5) is 24.6. The summed E-state index contributed by atoms with van der Waals surface area (Å²) in [5.41, 5.74) is 0. The molecule has 0 aromatic rings. The van der Waals surface area contributed by atoms with Crippen LogP contribution in [0.4, 0.5) is 0 Å². The highest BCUT2D eigenvalue weighted by molar-refractivity contribution is 5.76. The Morgan fingerprint density at radius 1 is 0.326 bits per heavy atom. The number of nitrogens with one attached hydrogen (secondary N) is 1. The van der Waals surface area contributed by atoms with Gasteiger partial charge in [-0.25, -0.2) is 0 Å². The van der Waals surface area contributed by atoms with Crippen LogP contribution in [0, 0.1) is 0 Å². The van der Waals surface area contributed by atoms with Crippen LogP contribution in [0.25, 0.3) is 0 Å². The quantitative estimate of drug-likeness (QED) is 0.0320. The van der Waals surface area contributed by atoms with Crippen LogP contribution in [-0.4, -0.2) is 47.4 Å². The molecule has 0 rings (SSSR count). The summed E-state index contributed by atoms with van der Waals surface area (Å²) in [5, 5.41) is 23.4. The van der Waals surface area contributed by atoms with Gasteiger partial charge in [0.1, 0.15) is 0 Å². The Morgan fingerprint density at radius 2 is 0.593 bits per heavy atom. The molecule has 2 atom stereocenters. The van der Waals surface area contributed by atoms with E-state index in [0.717, 1.165) is 51.4 Å². The van der Waals surface area contributed by atoms with Gasteiger partial charge < -0.3 is 20.3 Å². The maximum atomic E-state index is 12.5. The lowest BCUT2D eigenvalue weighted by molar-refractivity contribution is -0.143. The molecule has 0 heterocycles. The monoisotopic (exact) mass is 1210 g/mol. The Morgan fingerprint density at radius 3 is 0.930 bits per heavy atom. The van der Waals surface area contributed by atoms with Crippen molar-refractivity contribution >= 4 is 11.9 Å². The second-order valence-electron chi connectivity index (χ2n) is 27.0. The largest absolute Gasteiger partial charge is 0.466 e. The summed E-state index contributed by atoms with van der Waals surface area (Å²) >= 11 is 0. The highest BCUT2D eigenvalue weighted by Gasteiger charge is 2.20. The maximum absolute atomic E-state index is 12.5. The Labute approximate surface area is 538 Å². The molecule has 3 N–H and O–H groups in total. The summed E-state index contributed by atoms with van der Waals surface area (Å²) in [7, 11) is 0. The lowest BCUT2D eigenvalue weighted by Gasteiger charge is -2.22. The molecular weight excluding hydrogens is 1050 g/mol. The van der Waals surface area contributed by atoms with E-state index in [2.05, 4.69) is 55.6 Å². The summed E-state index contributed by atoms with van der Waals surface area (Å²) < 4.78 is 5.49. The van der Waals surface area contributed by atoms with Crippen molar-refractivity contribution < 1.29 is 24.5 Å². The number of carbonyl (C=O) groups excluding carboxylic acids is 2. The van der Waals surface area contributed by atoms with E-state index in [1.165, 1.54) is 353 Å². The zero-order chi connectivity index (χ0) is 62.0. The fourth-order valence-corrected chi connectivity index (χ4v) is 12.4. The van der Waals surface area contributed by atoms with Gasteiger partial charge in [0.15, 0.2) is 0 Å². The fraction of sp³-hybridized carbons (Fsp3) is 0.900. The molecule has 0 spiro atoms. The molecule has 0 radical (unpaired) electrons. The van der Waals surface area contributed by atoms with E-state index in [0.29, 0.717) is 25.9 Å². The van der Waals surface area contributed by atoms with Crippen LogP contribution in [-0.2, 0) is 14.3 Å². The van der Waals surface area contributed by atoms with Crippen molar-refractivity contribution in [2.75, 3.05) is 13.2 Å². The molecule has 0 aliphatic heterocycles. The molecule has 0 saturated heterocycles. The van der Waals surface area contributed by atoms with Gasteiger partial charge in [0.2, 0.25) is 5.91 Å². The minimum Gasteiger partial charge on any atom is -0.466 e. The van der Waals surface area contributed by atoms with Crippen LogP contribution in [0.5, 0.6) is 0 Å². The van der Waals surface area contributed by atoms with Gasteiger partial charge in [-0.3, -0.25) is 9.59 Å². The third-order valence-corrected chi connectivity index (χ3v) is 18.4. The molecule has 1 amide bonds. The molecular formula is C80H153NO5. The number of hydrogen-bond acceptors (Lipinski definition) is 5. The molecule has 6 nitrogen and oxygen atoms in total. The number of esters is 1. The first-order valence-electron chi connectivity index (χ1n) is 39.2. The molecule has 0 aromatic carbocycles. The normalized spacial score (nSPS) is 12.7. The first-order valence-corrected chi connectivity index (χ1v) is 39.2. The zero-order valence-corrected chi connectivity index (χ0v) is 58.3. The van der Waals surface area contributed by atoms with Gasteiger partial charge >= 0.3 is 5.97 Å². The number of amides is 1. The molecule has 86 heavy (non-hydrogen) atoms. The van der Waals surface area contributed by atoms with Gasteiger partial charge in [-0.15, -0.1) is 0 Å². The Kier molecular flexibility index (Phi) is 73.9. The van der Waals surface area contributed by atoms with E-state index >= 15 is 0 Å². The first kappa shape index (κ1) is 84.1. The van der Waals surface area contributed by atoms with Gasteiger partial charge in [-0.1, -0.05) is 384 Å². The zero-order valence-electron chi connectivity index (χ0n) is 58.3. The van der Waals surface area contributed by atoms with Crippen LogP contribution >= 0.6 is 0 Å². The maximum Gasteiger partial charge on any atom is 0.305 e. The Balaban J connectivity index is 3.32. The molecule has 0 aliphatic rings. The van der Waals surface area contributed by atoms with E-state index in [9.17, 15) is 19.8 Å². The average molecular weight is 1210 g/mol. The molecule has 0 saturated carbocycles. The average Bonchev–Trinajstić information content (AvgIpc) is 3.60. The lowest BCUT2D eigenvalue weighted by atomic mass is 10.0. The van der Waals surface area contributed by atoms with Crippen molar-refractivity contribution in [3.05, 3.63) is 36.5 Å². The highest BCUT2D eigenvalue weighted by atomic mass is 16.5. The van der Waals surface area contributed by atoms with Crippen molar-refractivity contribution in [2.45, 2.75) is 450 Å². The van der Waals surface area contributed by atoms with Crippen LogP contribution in [0.1, 0.15) is 438 Å².